The molecular formula is C25H41As2N5O6P. The number of unbranched alkanes of at least 4 members (excludes halogenated alkanes) is 3. The second-order valence-electron chi connectivity index (χ2n) is 10.2. The van der Waals surface area contributed by atoms with E-state index in [2.05, 4.69) is 43.8 Å². The molecule has 0 saturated carbocycles. The number of imidazole rings is 1. The molecule has 0 aliphatic heterocycles. The van der Waals surface area contributed by atoms with Gasteiger partial charge in [0.1, 0.15) is 0 Å². The zero-order chi connectivity index (χ0) is 29.1. The van der Waals surface area contributed by atoms with Crippen molar-refractivity contribution in [2.45, 2.75) is 96.2 Å². The predicted octanol–water partition coefficient (Wildman–Crippen LogP) is 2.78. The van der Waals surface area contributed by atoms with Crippen LogP contribution in [0.3, 0.4) is 0 Å². The van der Waals surface area contributed by atoms with Gasteiger partial charge in [0.05, 0.1) is 0 Å². The number of nitrogens with zero attached hydrogens (tertiary/aromatic N) is 4. The summed E-state index contributed by atoms with van der Waals surface area (Å²) in [6, 6.07) is 0. The molecule has 2 heterocycles. The third-order valence-electron chi connectivity index (χ3n) is 5.66. The number of nitrogens with one attached hydrogen (secondary N) is 1. The number of carbonyl (C=O) groups excluding carboxylic acids is 2. The summed E-state index contributed by atoms with van der Waals surface area (Å²) in [5.41, 5.74) is 0.150. The normalized spacial score (nSPS) is 15.6. The van der Waals surface area contributed by atoms with Gasteiger partial charge in [-0.15, -0.1) is 0 Å². The second kappa shape index (κ2) is 16.4. The van der Waals surface area contributed by atoms with Crippen LogP contribution in [0, 0.1) is 0 Å². The van der Waals surface area contributed by atoms with Crippen LogP contribution in [0.2, 0.25) is 4.71 Å². The van der Waals surface area contributed by atoms with Gasteiger partial charge in [0.2, 0.25) is 0 Å². The molecule has 2 aromatic rings. The quantitative estimate of drug-likeness (QED) is 0.0773. The molecule has 0 aliphatic rings. The summed E-state index contributed by atoms with van der Waals surface area (Å²) in [5.74, 6) is -3.80. The van der Waals surface area contributed by atoms with Gasteiger partial charge in [-0.2, -0.15) is 0 Å². The third-order valence-corrected chi connectivity index (χ3v) is 14.6. The van der Waals surface area contributed by atoms with Crippen molar-refractivity contribution >= 4 is 65.9 Å². The first-order valence-electron chi connectivity index (χ1n) is 13.2. The number of fused-ring (bicyclic) bond motifs is 1. The first-order valence-corrected chi connectivity index (χ1v) is 19.6. The van der Waals surface area contributed by atoms with Crippen molar-refractivity contribution in [3.05, 3.63) is 12.7 Å². The summed E-state index contributed by atoms with van der Waals surface area (Å²) in [7, 11) is 0. The molecule has 1 N–H and O–H groups in total. The summed E-state index contributed by atoms with van der Waals surface area (Å²) >= 11 is 1.28. The molecule has 3 atom stereocenters. The summed E-state index contributed by atoms with van der Waals surface area (Å²) in [5, 5.41) is 3.07. The Labute approximate surface area is 246 Å². The molecule has 0 fully saturated rings. The number of hydrogen-bond acceptors (Lipinski definition) is 9. The van der Waals surface area contributed by atoms with Crippen molar-refractivity contribution < 1.29 is 28.4 Å². The molecule has 0 bridgehead atoms. The second-order valence-corrected chi connectivity index (χ2v) is 20.1. The van der Waals surface area contributed by atoms with Crippen molar-refractivity contribution in [3.63, 3.8) is 0 Å². The number of aromatic nitrogens is 4. The Hall–Kier alpha value is -1.08. The number of ether oxygens (including phenoxy) is 3. The molecule has 0 aromatic carbocycles. The van der Waals surface area contributed by atoms with E-state index in [-0.39, 0.29) is 25.2 Å². The van der Waals surface area contributed by atoms with Crippen LogP contribution >= 0.6 is 5.85 Å². The van der Waals surface area contributed by atoms with E-state index in [1.807, 2.05) is 25.3 Å². The number of aldehydes is 1. The van der Waals surface area contributed by atoms with Gasteiger partial charge in [0, 0.05) is 0 Å². The van der Waals surface area contributed by atoms with E-state index in [0.717, 1.165) is 36.5 Å². The summed E-state index contributed by atoms with van der Waals surface area (Å²) in [4.78, 5) is 37.6. The molecule has 0 spiro atoms. The van der Waals surface area contributed by atoms with Gasteiger partial charge in [0.15, 0.2) is 0 Å². The molecule has 39 heavy (non-hydrogen) atoms. The fourth-order valence-electron chi connectivity index (χ4n) is 3.64. The van der Waals surface area contributed by atoms with Gasteiger partial charge < -0.3 is 0 Å². The SMILES string of the molecule is CCCCCCOC(=O)C(C)(C)NP(=O)(CO[C@H](C)Cn1cnc2c([As])ncnc21)[As][C@@H](C=O)COC(C)C. The molecule has 0 aliphatic carbocycles. The Morgan fingerprint density at radius 2 is 1.95 bits per heavy atom. The molecule has 2 aromatic heterocycles. The van der Waals surface area contributed by atoms with E-state index in [0.29, 0.717) is 24.3 Å². The minimum absolute atomic E-state index is 0.0624. The van der Waals surface area contributed by atoms with Crippen molar-refractivity contribution in [1.29, 1.82) is 0 Å². The van der Waals surface area contributed by atoms with Gasteiger partial charge in [-0.05, 0) is 0 Å². The van der Waals surface area contributed by atoms with Crippen LogP contribution in [0.25, 0.3) is 11.2 Å². The topological polar surface area (TPSA) is 135 Å². The first kappa shape index (κ1) is 34.1. The van der Waals surface area contributed by atoms with Crippen LogP contribution in [0.4, 0.5) is 0 Å². The Morgan fingerprint density at radius 3 is 2.62 bits per heavy atom. The van der Waals surface area contributed by atoms with Crippen LogP contribution in [-0.2, 0) is 34.9 Å². The van der Waals surface area contributed by atoms with E-state index in [4.69, 9.17) is 14.2 Å². The summed E-state index contributed by atoms with van der Waals surface area (Å²) in [6.07, 6.45) is 7.34. The number of esters is 1. The predicted molar refractivity (Wildman–Crippen MR) is 153 cm³/mol. The minimum atomic E-state index is -3.32. The van der Waals surface area contributed by atoms with Crippen molar-refractivity contribution in [2.24, 2.45) is 0 Å². The van der Waals surface area contributed by atoms with E-state index in [1.165, 1.54) is 6.33 Å². The molecule has 0 amide bonds. The van der Waals surface area contributed by atoms with Crippen LogP contribution < -0.4 is 9.57 Å². The van der Waals surface area contributed by atoms with Crippen molar-refractivity contribution in [3.8, 4) is 0 Å². The van der Waals surface area contributed by atoms with Gasteiger partial charge in [-0.25, -0.2) is 0 Å². The molecule has 0 saturated heterocycles. The zero-order valence-electron chi connectivity index (χ0n) is 23.7. The summed E-state index contributed by atoms with van der Waals surface area (Å²) < 4.78 is 33.5. The monoisotopic (exact) mass is 688 g/mol. The van der Waals surface area contributed by atoms with Gasteiger partial charge in [0.25, 0.3) is 0 Å². The van der Waals surface area contributed by atoms with Gasteiger partial charge in [-0.1, -0.05) is 0 Å². The zero-order valence-corrected chi connectivity index (χ0v) is 28.3. The summed E-state index contributed by atoms with van der Waals surface area (Å²) in [6.45, 7) is 12.0. The maximum absolute atomic E-state index is 14.3. The van der Waals surface area contributed by atoms with Crippen LogP contribution in [0.1, 0.15) is 67.2 Å². The first-order chi connectivity index (χ1) is 18.4. The molecule has 14 heteroatoms. The average Bonchev–Trinajstić information content (AvgIpc) is 3.28. The van der Waals surface area contributed by atoms with Crippen LogP contribution in [-0.4, -0.2) is 101 Å². The molecule has 11 nitrogen and oxygen atoms in total. The Bertz CT molecular complexity index is 1120. The number of hydrogen-bond donors (Lipinski definition) is 1. The fraction of sp³-hybridized carbons (Fsp3) is 0.720. The van der Waals surface area contributed by atoms with E-state index < -0.39 is 37.4 Å². The molecule has 3 radical (unpaired) electrons. The third kappa shape index (κ3) is 11.4. The standard InChI is InChI=1S/C25H41As2N5O6P/c1-7-8-9-10-11-36-24(34)25(5,6)31-39(35,27-20(13-33)14-37-18(2)3)17-38-19(4)12-32-16-30-21-22(26)28-15-29-23(21)32/h13,15-16,18-20H,7-12,14,17H2,1-6H3,(H,31,35)/t19-,20+,39?/m1/s1. The molecule has 1 unspecified atom stereocenters. The Kier molecular flexibility index (Phi) is 14.3. The van der Waals surface area contributed by atoms with Crippen LogP contribution in [0.5, 0.6) is 0 Å². The van der Waals surface area contributed by atoms with Gasteiger partial charge in [-0.3, -0.25) is 0 Å². The fourth-order valence-corrected chi connectivity index (χ4v) is 13.0. The average molecular weight is 688 g/mol. The molecular weight excluding hydrogens is 647 g/mol. The van der Waals surface area contributed by atoms with Crippen LogP contribution in [0.15, 0.2) is 12.7 Å². The number of carbonyl (C=O) groups is 2. The van der Waals surface area contributed by atoms with Crippen molar-refractivity contribution in [1.82, 2.24) is 24.6 Å². The van der Waals surface area contributed by atoms with E-state index in [9.17, 15) is 14.2 Å². The van der Waals surface area contributed by atoms with E-state index >= 15 is 0 Å². The molecule has 217 valence electrons. The molecule has 2 rings (SSSR count). The van der Waals surface area contributed by atoms with Gasteiger partial charge >= 0.3 is 247 Å². The van der Waals surface area contributed by atoms with E-state index in [1.54, 1.807) is 20.2 Å². The van der Waals surface area contributed by atoms with Crippen molar-refractivity contribution in [2.75, 3.05) is 19.6 Å². The maximum atomic E-state index is 14.3. The Morgan fingerprint density at radius 1 is 1.21 bits per heavy atom. The number of rotatable bonds is 19. The Balaban J connectivity index is 2.12.